The van der Waals surface area contributed by atoms with Gasteiger partial charge in [0.2, 0.25) is 0 Å². The molecule has 0 heterocycles. The van der Waals surface area contributed by atoms with E-state index in [1.165, 1.54) is 13.3 Å². The number of amides is 2. The molecule has 35 heavy (non-hydrogen) atoms. The fourth-order valence-corrected chi connectivity index (χ4v) is 3.03. The van der Waals surface area contributed by atoms with E-state index in [2.05, 4.69) is 20.6 Å². The molecular weight excluding hydrogens is 444 g/mol. The van der Waals surface area contributed by atoms with Gasteiger partial charge in [-0.25, -0.2) is 10.2 Å². The molecule has 3 aromatic rings. The van der Waals surface area contributed by atoms with Gasteiger partial charge in [0, 0.05) is 25.3 Å². The number of benzene rings is 3. The molecule has 0 saturated carbocycles. The van der Waals surface area contributed by atoms with Crippen LogP contribution in [-0.2, 0) is 9.53 Å². The zero-order chi connectivity index (χ0) is 25.2. The number of esters is 1. The molecule has 8 nitrogen and oxygen atoms in total. The number of rotatable bonds is 8. The quantitative estimate of drug-likeness (QED) is 0.227. The molecule has 0 atom stereocenters. The number of hydrazone groups is 1. The minimum absolute atomic E-state index is 0.0367. The first-order valence-corrected chi connectivity index (χ1v) is 10.7. The van der Waals surface area contributed by atoms with Gasteiger partial charge < -0.3 is 15.0 Å². The Morgan fingerprint density at radius 3 is 2.06 bits per heavy atom. The maximum atomic E-state index is 12.9. The third kappa shape index (κ3) is 7.13. The Morgan fingerprint density at radius 1 is 0.829 bits per heavy atom. The molecule has 0 radical (unpaired) electrons. The largest absolute Gasteiger partial charge is 0.465 e. The molecule has 0 aliphatic rings. The van der Waals surface area contributed by atoms with E-state index in [9.17, 15) is 14.4 Å². The number of anilines is 1. The van der Waals surface area contributed by atoms with Crippen molar-refractivity contribution in [2.24, 2.45) is 5.10 Å². The van der Waals surface area contributed by atoms with Crippen molar-refractivity contribution in [1.82, 2.24) is 10.7 Å². The van der Waals surface area contributed by atoms with Gasteiger partial charge in [-0.05, 0) is 53.6 Å². The van der Waals surface area contributed by atoms with E-state index in [4.69, 9.17) is 0 Å². The van der Waals surface area contributed by atoms with Gasteiger partial charge >= 0.3 is 5.97 Å². The summed E-state index contributed by atoms with van der Waals surface area (Å²) >= 11 is 0. The van der Waals surface area contributed by atoms with Crippen molar-refractivity contribution in [3.8, 4) is 0 Å². The fourth-order valence-electron chi connectivity index (χ4n) is 3.03. The van der Waals surface area contributed by atoms with Gasteiger partial charge in [0.15, 0.2) is 0 Å². The van der Waals surface area contributed by atoms with Crippen LogP contribution < -0.4 is 15.6 Å². The molecular formula is C27H26N4O4. The average Bonchev–Trinajstić information content (AvgIpc) is 2.89. The smallest absolute Gasteiger partial charge is 0.337 e. The molecule has 3 aromatic carbocycles. The molecule has 2 N–H and O–H groups in total. The molecule has 0 aromatic heterocycles. The highest BCUT2D eigenvalue weighted by atomic mass is 16.5. The van der Waals surface area contributed by atoms with Gasteiger partial charge in [0.1, 0.15) is 5.70 Å². The predicted octanol–water partition coefficient (Wildman–Crippen LogP) is 3.46. The molecule has 178 valence electrons. The number of hydrogen-bond acceptors (Lipinski definition) is 6. The maximum absolute atomic E-state index is 12.9. The second-order valence-corrected chi connectivity index (χ2v) is 7.68. The summed E-state index contributed by atoms with van der Waals surface area (Å²) in [7, 11) is 5.18. The lowest BCUT2D eigenvalue weighted by molar-refractivity contribution is -0.117. The number of methoxy groups -OCH3 is 1. The van der Waals surface area contributed by atoms with Crippen LogP contribution >= 0.6 is 0 Å². The van der Waals surface area contributed by atoms with Crippen LogP contribution in [0.2, 0.25) is 0 Å². The Kier molecular flexibility index (Phi) is 8.50. The van der Waals surface area contributed by atoms with Crippen LogP contribution in [0.25, 0.3) is 6.08 Å². The van der Waals surface area contributed by atoms with Crippen LogP contribution in [0.15, 0.2) is 89.7 Å². The number of nitrogens with zero attached hydrogens (tertiary/aromatic N) is 2. The van der Waals surface area contributed by atoms with E-state index in [0.717, 1.165) is 11.3 Å². The van der Waals surface area contributed by atoms with Crippen molar-refractivity contribution in [1.29, 1.82) is 0 Å². The number of carbonyl (C=O) groups excluding carboxylic acids is 3. The monoisotopic (exact) mass is 470 g/mol. The standard InChI is InChI=1S/C27H26N4O4/c1-31(2)23-15-11-19(12-16-23)17-24(29-25(32)21-7-5-4-6-8-21)26(33)30-28-18-20-9-13-22(14-10-20)27(34)35-3/h4-18H,1-3H3,(H,29,32)(H,30,33)/b24-17+,28-18-. The van der Waals surface area contributed by atoms with Gasteiger partial charge in [-0.3, -0.25) is 9.59 Å². The lowest BCUT2D eigenvalue weighted by atomic mass is 10.1. The van der Waals surface area contributed by atoms with Crippen LogP contribution in [0.3, 0.4) is 0 Å². The minimum atomic E-state index is -0.589. The van der Waals surface area contributed by atoms with Crippen molar-refractivity contribution in [3.05, 3.63) is 107 Å². The van der Waals surface area contributed by atoms with E-state index in [-0.39, 0.29) is 5.70 Å². The Balaban J connectivity index is 1.77. The first-order valence-electron chi connectivity index (χ1n) is 10.7. The lowest BCUT2D eigenvalue weighted by Crippen LogP contribution is -2.32. The summed E-state index contributed by atoms with van der Waals surface area (Å²) in [5, 5.41) is 6.64. The zero-order valence-electron chi connectivity index (χ0n) is 19.7. The molecule has 8 heteroatoms. The van der Waals surface area contributed by atoms with E-state index in [1.54, 1.807) is 60.7 Å². The molecule has 0 aliphatic carbocycles. The predicted molar refractivity (Wildman–Crippen MR) is 136 cm³/mol. The molecule has 0 unspecified atom stereocenters. The summed E-state index contributed by atoms with van der Waals surface area (Å²) in [4.78, 5) is 39.1. The van der Waals surface area contributed by atoms with E-state index >= 15 is 0 Å². The first-order chi connectivity index (χ1) is 16.9. The van der Waals surface area contributed by atoms with Gasteiger partial charge in [-0.15, -0.1) is 0 Å². The Hall–Kier alpha value is -4.72. The van der Waals surface area contributed by atoms with Crippen molar-refractivity contribution >= 4 is 35.8 Å². The Morgan fingerprint density at radius 2 is 1.46 bits per heavy atom. The van der Waals surface area contributed by atoms with Gasteiger partial charge in [0.05, 0.1) is 18.9 Å². The fraction of sp³-hybridized carbons (Fsp3) is 0.111. The van der Waals surface area contributed by atoms with Crippen LogP contribution in [0.1, 0.15) is 31.8 Å². The van der Waals surface area contributed by atoms with E-state index in [1.807, 2.05) is 43.3 Å². The molecule has 3 rings (SSSR count). The highest BCUT2D eigenvalue weighted by molar-refractivity contribution is 6.05. The molecule has 0 saturated heterocycles. The van der Waals surface area contributed by atoms with Crippen molar-refractivity contribution in [2.45, 2.75) is 0 Å². The number of carbonyl (C=O) groups is 3. The van der Waals surface area contributed by atoms with Gasteiger partial charge in [0.25, 0.3) is 11.8 Å². The van der Waals surface area contributed by atoms with Crippen LogP contribution in [0, 0.1) is 0 Å². The van der Waals surface area contributed by atoms with E-state index < -0.39 is 17.8 Å². The van der Waals surface area contributed by atoms with Crippen molar-refractivity contribution in [3.63, 3.8) is 0 Å². The third-order valence-electron chi connectivity index (χ3n) is 4.96. The summed E-state index contributed by atoms with van der Waals surface area (Å²) in [5.74, 6) is -1.45. The topological polar surface area (TPSA) is 100 Å². The molecule has 0 bridgehead atoms. The number of ether oxygens (including phenoxy) is 1. The van der Waals surface area contributed by atoms with Gasteiger partial charge in [-0.2, -0.15) is 5.10 Å². The van der Waals surface area contributed by atoms with Crippen molar-refractivity contribution in [2.75, 3.05) is 26.1 Å². The van der Waals surface area contributed by atoms with Gasteiger partial charge in [-0.1, -0.05) is 42.5 Å². The van der Waals surface area contributed by atoms with Crippen LogP contribution in [0.5, 0.6) is 0 Å². The SMILES string of the molecule is COC(=O)c1ccc(/C=N\NC(=O)/C(=C\c2ccc(N(C)C)cc2)NC(=O)c2ccccc2)cc1. The Labute approximate surface area is 203 Å². The summed E-state index contributed by atoms with van der Waals surface area (Å²) in [6.45, 7) is 0. The summed E-state index contributed by atoms with van der Waals surface area (Å²) in [5.41, 5.74) is 5.70. The first kappa shape index (κ1) is 24.9. The summed E-state index contributed by atoms with van der Waals surface area (Å²) < 4.78 is 4.67. The second-order valence-electron chi connectivity index (χ2n) is 7.68. The normalized spacial score (nSPS) is 11.1. The maximum Gasteiger partial charge on any atom is 0.337 e. The third-order valence-corrected chi connectivity index (χ3v) is 4.96. The molecule has 0 fully saturated rings. The van der Waals surface area contributed by atoms with Crippen LogP contribution in [0.4, 0.5) is 5.69 Å². The number of hydrogen-bond donors (Lipinski definition) is 2. The highest BCUT2D eigenvalue weighted by Crippen LogP contribution is 2.14. The molecule has 2 amide bonds. The second kappa shape index (κ2) is 11.9. The van der Waals surface area contributed by atoms with Crippen molar-refractivity contribution < 1.29 is 19.1 Å². The summed E-state index contributed by atoms with van der Waals surface area (Å²) in [6.07, 6.45) is 3.01. The lowest BCUT2D eigenvalue weighted by Gasteiger charge is -2.12. The highest BCUT2D eigenvalue weighted by Gasteiger charge is 2.14. The molecule has 0 spiro atoms. The zero-order valence-corrected chi connectivity index (χ0v) is 19.7. The average molecular weight is 471 g/mol. The summed E-state index contributed by atoms with van der Waals surface area (Å²) in [6, 6.07) is 22.7. The van der Waals surface area contributed by atoms with Crippen LogP contribution in [-0.4, -0.2) is 45.2 Å². The molecule has 0 aliphatic heterocycles. The number of nitrogens with one attached hydrogen (secondary N) is 2. The Bertz CT molecular complexity index is 1230. The van der Waals surface area contributed by atoms with E-state index in [0.29, 0.717) is 16.7 Å². The minimum Gasteiger partial charge on any atom is -0.465 e.